The first-order chi connectivity index (χ1) is 6.86. The molecule has 1 saturated heterocycles. The van der Waals surface area contributed by atoms with Crippen molar-refractivity contribution < 1.29 is 0 Å². The van der Waals surface area contributed by atoms with Crippen LogP contribution in [0.4, 0.5) is 0 Å². The van der Waals surface area contributed by atoms with Crippen LogP contribution in [-0.2, 0) is 0 Å². The Morgan fingerprint density at radius 2 is 2.07 bits per heavy atom. The zero-order chi connectivity index (χ0) is 9.54. The Hall–Kier alpha value is -0.340. The third kappa shape index (κ3) is 1.24. The minimum atomic E-state index is 0.797. The maximum atomic E-state index is 3.65. The Morgan fingerprint density at radius 1 is 1.21 bits per heavy atom. The number of hydrogen-bond donors (Lipinski definition) is 1. The van der Waals surface area contributed by atoms with Crippen molar-refractivity contribution in [1.82, 2.24) is 5.32 Å². The molecule has 0 aromatic heterocycles. The lowest BCUT2D eigenvalue weighted by Crippen LogP contribution is -2.33. The van der Waals surface area contributed by atoms with Gasteiger partial charge in [0.15, 0.2) is 0 Å². The summed E-state index contributed by atoms with van der Waals surface area (Å²) in [6.07, 6.45) is 1.38. The van der Waals surface area contributed by atoms with E-state index in [0.717, 1.165) is 17.8 Å². The van der Waals surface area contributed by atoms with Crippen LogP contribution in [0.1, 0.15) is 17.9 Å². The van der Waals surface area contributed by atoms with Crippen LogP contribution >= 0.6 is 15.9 Å². The van der Waals surface area contributed by atoms with Gasteiger partial charge >= 0.3 is 0 Å². The minimum Gasteiger partial charge on any atom is -0.316 e. The molecule has 1 aliphatic carbocycles. The first kappa shape index (κ1) is 8.93. The second-order valence-electron chi connectivity index (χ2n) is 4.45. The predicted octanol–water partition coefficient (Wildman–Crippen LogP) is 2.77. The van der Waals surface area contributed by atoms with Crippen molar-refractivity contribution in [3.63, 3.8) is 0 Å². The molecule has 0 amide bonds. The third-order valence-electron chi connectivity index (χ3n) is 3.77. The van der Waals surface area contributed by atoms with E-state index in [1.165, 1.54) is 29.5 Å². The van der Waals surface area contributed by atoms with Gasteiger partial charge in [-0.3, -0.25) is 0 Å². The summed E-state index contributed by atoms with van der Waals surface area (Å²) in [6.45, 7) is 2.46. The highest BCUT2D eigenvalue weighted by molar-refractivity contribution is 9.10. The Labute approximate surface area is 93.0 Å². The Balaban J connectivity index is 1.87. The van der Waals surface area contributed by atoms with Crippen molar-refractivity contribution >= 4 is 15.9 Å². The van der Waals surface area contributed by atoms with Gasteiger partial charge in [0.25, 0.3) is 0 Å². The van der Waals surface area contributed by atoms with Crippen LogP contribution in [0.15, 0.2) is 28.7 Å². The SMILES string of the molecule is Brc1ccccc1[C@@H]1C[C@H]2CNC[C@H]21. The lowest BCUT2D eigenvalue weighted by molar-refractivity contribution is 0.190. The first-order valence-corrected chi connectivity index (χ1v) is 6.10. The average molecular weight is 252 g/mol. The average Bonchev–Trinajstić information content (AvgIpc) is 2.52. The van der Waals surface area contributed by atoms with Gasteiger partial charge in [-0.1, -0.05) is 34.1 Å². The van der Waals surface area contributed by atoms with Gasteiger partial charge in [-0.2, -0.15) is 0 Å². The molecule has 2 heteroatoms. The molecule has 1 aromatic carbocycles. The van der Waals surface area contributed by atoms with E-state index in [4.69, 9.17) is 0 Å². The van der Waals surface area contributed by atoms with Crippen LogP contribution in [-0.4, -0.2) is 13.1 Å². The normalized spacial score (nSPS) is 35.1. The second-order valence-corrected chi connectivity index (χ2v) is 5.30. The zero-order valence-electron chi connectivity index (χ0n) is 8.04. The molecule has 2 aliphatic rings. The van der Waals surface area contributed by atoms with Crippen molar-refractivity contribution in [2.75, 3.05) is 13.1 Å². The summed E-state index contributed by atoms with van der Waals surface area (Å²) in [5.74, 6) is 2.64. The summed E-state index contributed by atoms with van der Waals surface area (Å²) in [5, 5.41) is 3.49. The maximum Gasteiger partial charge on any atom is 0.0210 e. The number of hydrogen-bond acceptors (Lipinski definition) is 1. The summed E-state index contributed by atoms with van der Waals surface area (Å²) in [7, 11) is 0. The van der Waals surface area contributed by atoms with Gasteiger partial charge in [0.05, 0.1) is 0 Å². The van der Waals surface area contributed by atoms with Crippen LogP contribution in [0, 0.1) is 11.8 Å². The fourth-order valence-electron chi connectivity index (χ4n) is 2.92. The van der Waals surface area contributed by atoms with Gasteiger partial charge in [0, 0.05) is 4.47 Å². The van der Waals surface area contributed by atoms with E-state index in [9.17, 15) is 0 Å². The predicted molar refractivity (Wildman–Crippen MR) is 61.3 cm³/mol. The molecular formula is C12H14BrN. The number of benzene rings is 1. The molecule has 74 valence electrons. The maximum absolute atomic E-state index is 3.65. The second kappa shape index (κ2) is 3.35. The van der Waals surface area contributed by atoms with Gasteiger partial charge in [0.2, 0.25) is 0 Å². The highest BCUT2D eigenvalue weighted by Gasteiger charge is 2.44. The van der Waals surface area contributed by atoms with Gasteiger partial charge in [-0.15, -0.1) is 0 Å². The van der Waals surface area contributed by atoms with E-state index in [-0.39, 0.29) is 0 Å². The molecule has 0 spiro atoms. The quantitative estimate of drug-likeness (QED) is 0.810. The number of nitrogens with one attached hydrogen (secondary N) is 1. The first-order valence-electron chi connectivity index (χ1n) is 5.31. The van der Waals surface area contributed by atoms with E-state index in [1.807, 2.05) is 0 Å². The van der Waals surface area contributed by atoms with Crippen molar-refractivity contribution in [1.29, 1.82) is 0 Å². The lowest BCUT2D eigenvalue weighted by atomic mass is 9.64. The van der Waals surface area contributed by atoms with Gasteiger partial charge in [-0.25, -0.2) is 0 Å². The topological polar surface area (TPSA) is 12.0 Å². The molecule has 1 saturated carbocycles. The molecule has 3 atom stereocenters. The molecule has 1 aliphatic heterocycles. The van der Waals surface area contributed by atoms with Crippen LogP contribution in [0.5, 0.6) is 0 Å². The van der Waals surface area contributed by atoms with E-state index in [1.54, 1.807) is 0 Å². The Kier molecular flexibility index (Phi) is 2.14. The number of halogens is 1. The standard InChI is InChI=1S/C12H14BrN/c13-12-4-2-1-3-9(12)10-5-8-6-14-7-11(8)10/h1-4,8,10-11,14H,5-7H2/t8-,10-,11+/m0/s1. The number of fused-ring (bicyclic) bond motifs is 1. The van der Waals surface area contributed by atoms with Gasteiger partial charge < -0.3 is 5.32 Å². The molecule has 1 aromatic rings. The zero-order valence-corrected chi connectivity index (χ0v) is 9.63. The van der Waals surface area contributed by atoms with E-state index in [2.05, 4.69) is 45.5 Å². The summed E-state index contributed by atoms with van der Waals surface area (Å²) >= 11 is 3.65. The monoisotopic (exact) mass is 251 g/mol. The van der Waals surface area contributed by atoms with Crippen LogP contribution in [0.2, 0.25) is 0 Å². The molecule has 14 heavy (non-hydrogen) atoms. The molecule has 0 bridgehead atoms. The molecule has 0 unspecified atom stereocenters. The van der Waals surface area contributed by atoms with Crippen LogP contribution < -0.4 is 5.32 Å². The van der Waals surface area contributed by atoms with Crippen molar-refractivity contribution in [2.45, 2.75) is 12.3 Å². The Bertz CT molecular complexity index is 350. The van der Waals surface area contributed by atoms with Crippen molar-refractivity contribution in [3.8, 4) is 0 Å². The van der Waals surface area contributed by atoms with Crippen LogP contribution in [0.3, 0.4) is 0 Å². The molecule has 2 fully saturated rings. The minimum absolute atomic E-state index is 0.797. The largest absolute Gasteiger partial charge is 0.316 e. The molecular weight excluding hydrogens is 238 g/mol. The van der Waals surface area contributed by atoms with Crippen LogP contribution in [0.25, 0.3) is 0 Å². The van der Waals surface area contributed by atoms with Crippen molar-refractivity contribution in [3.05, 3.63) is 34.3 Å². The molecule has 3 rings (SSSR count). The fraction of sp³-hybridized carbons (Fsp3) is 0.500. The molecule has 1 heterocycles. The van der Waals surface area contributed by atoms with E-state index >= 15 is 0 Å². The van der Waals surface area contributed by atoms with E-state index in [0.29, 0.717) is 0 Å². The molecule has 1 nitrogen and oxygen atoms in total. The summed E-state index contributed by atoms with van der Waals surface area (Å²) in [6, 6.07) is 8.67. The van der Waals surface area contributed by atoms with Gasteiger partial charge in [-0.05, 0) is 48.9 Å². The van der Waals surface area contributed by atoms with Gasteiger partial charge in [0.1, 0.15) is 0 Å². The van der Waals surface area contributed by atoms with E-state index < -0.39 is 0 Å². The molecule has 0 radical (unpaired) electrons. The fourth-order valence-corrected chi connectivity index (χ4v) is 3.50. The van der Waals surface area contributed by atoms with Crippen molar-refractivity contribution in [2.24, 2.45) is 11.8 Å². The smallest absolute Gasteiger partial charge is 0.0210 e. The summed E-state index contributed by atoms with van der Waals surface area (Å²) in [5.41, 5.74) is 1.51. The highest BCUT2D eigenvalue weighted by Crippen LogP contribution is 2.50. The summed E-state index contributed by atoms with van der Waals surface area (Å²) < 4.78 is 1.29. The lowest BCUT2D eigenvalue weighted by Gasteiger charge is -2.40. The highest BCUT2D eigenvalue weighted by atomic mass is 79.9. The Morgan fingerprint density at radius 3 is 2.86 bits per heavy atom. The number of rotatable bonds is 1. The third-order valence-corrected chi connectivity index (χ3v) is 4.49. The summed E-state index contributed by atoms with van der Waals surface area (Å²) in [4.78, 5) is 0. The molecule has 1 N–H and O–H groups in total.